The van der Waals surface area contributed by atoms with Gasteiger partial charge in [-0.1, -0.05) is 26.7 Å². The van der Waals surface area contributed by atoms with E-state index >= 15 is 0 Å². The van der Waals surface area contributed by atoms with Crippen LogP contribution in [-0.4, -0.2) is 23.7 Å². The number of benzene rings is 1. The fraction of sp³-hybridized carbons (Fsp3) is 0.474. The van der Waals surface area contributed by atoms with Crippen LogP contribution in [0.1, 0.15) is 38.8 Å². The zero-order chi connectivity index (χ0) is 17.4. The summed E-state index contributed by atoms with van der Waals surface area (Å²) in [6.45, 7) is 7.04. The largest absolute Gasteiger partial charge is 0.493 e. The molecule has 0 unspecified atom stereocenters. The van der Waals surface area contributed by atoms with E-state index in [1.165, 1.54) is 12.8 Å². The van der Waals surface area contributed by atoms with Crippen LogP contribution in [0, 0.1) is 12.8 Å². The van der Waals surface area contributed by atoms with Crippen LogP contribution in [0.5, 0.6) is 11.5 Å². The lowest BCUT2D eigenvalue weighted by molar-refractivity contribution is 0.226. The molecule has 1 heterocycles. The van der Waals surface area contributed by atoms with E-state index in [2.05, 4.69) is 29.1 Å². The molecule has 5 nitrogen and oxygen atoms in total. The third kappa shape index (κ3) is 5.11. The van der Waals surface area contributed by atoms with Crippen molar-refractivity contribution in [1.29, 1.82) is 0 Å². The number of anilines is 2. The Bertz CT molecular complexity index is 646. The van der Waals surface area contributed by atoms with Crippen LogP contribution in [0.4, 0.5) is 11.6 Å². The predicted octanol–water partition coefficient (Wildman–Crippen LogP) is 4.74. The molecule has 0 amide bonds. The number of hydrogen-bond donors (Lipinski definition) is 1. The molecule has 0 saturated carbocycles. The van der Waals surface area contributed by atoms with E-state index in [9.17, 15) is 0 Å². The van der Waals surface area contributed by atoms with Crippen LogP contribution in [0.25, 0.3) is 0 Å². The summed E-state index contributed by atoms with van der Waals surface area (Å²) in [5.41, 5.74) is 1.79. The van der Waals surface area contributed by atoms with Gasteiger partial charge in [0.05, 0.1) is 13.7 Å². The van der Waals surface area contributed by atoms with Gasteiger partial charge in [0.1, 0.15) is 0 Å². The van der Waals surface area contributed by atoms with E-state index in [1.54, 1.807) is 13.3 Å². The molecule has 0 aliphatic heterocycles. The molecule has 0 saturated heterocycles. The third-order valence-electron chi connectivity index (χ3n) is 3.96. The smallest absolute Gasteiger partial charge is 0.227 e. The molecule has 0 aliphatic carbocycles. The SMILES string of the molecule is CCC[C@@H](CC)COc1cc(Nc2nccc(C)n2)ccc1OC. The van der Waals surface area contributed by atoms with Crippen LogP contribution < -0.4 is 14.8 Å². The number of aryl methyl sites for hydroxylation is 1. The van der Waals surface area contributed by atoms with E-state index in [0.29, 0.717) is 18.5 Å². The number of ether oxygens (including phenoxy) is 2. The van der Waals surface area contributed by atoms with Crippen molar-refractivity contribution in [2.75, 3.05) is 19.0 Å². The molecule has 0 spiro atoms. The number of methoxy groups -OCH3 is 1. The Morgan fingerprint density at radius 2 is 2.00 bits per heavy atom. The molecule has 130 valence electrons. The molecular formula is C19H27N3O2. The maximum absolute atomic E-state index is 6.03. The minimum atomic E-state index is 0.566. The summed E-state index contributed by atoms with van der Waals surface area (Å²) in [4.78, 5) is 8.58. The van der Waals surface area contributed by atoms with Crippen LogP contribution in [0.3, 0.4) is 0 Å². The topological polar surface area (TPSA) is 56.3 Å². The number of rotatable bonds is 9. The van der Waals surface area contributed by atoms with E-state index in [1.807, 2.05) is 31.2 Å². The predicted molar refractivity (Wildman–Crippen MR) is 97.2 cm³/mol. The summed E-state index contributed by atoms with van der Waals surface area (Å²) >= 11 is 0. The molecule has 5 heteroatoms. The highest BCUT2D eigenvalue weighted by atomic mass is 16.5. The van der Waals surface area contributed by atoms with E-state index in [-0.39, 0.29) is 0 Å². The number of hydrogen-bond acceptors (Lipinski definition) is 5. The summed E-state index contributed by atoms with van der Waals surface area (Å²) in [5, 5.41) is 3.21. The molecule has 0 fully saturated rings. The molecule has 1 N–H and O–H groups in total. The second kappa shape index (κ2) is 9.11. The molecule has 0 aliphatic rings. The van der Waals surface area contributed by atoms with Crippen LogP contribution in [0.2, 0.25) is 0 Å². The summed E-state index contributed by atoms with van der Waals surface area (Å²) in [5.74, 6) is 2.61. The highest BCUT2D eigenvalue weighted by Gasteiger charge is 2.11. The Kier molecular flexibility index (Phi) is 6.85. The maximum atomic E-state index is 6.03. The van der Waals surface area contributed by atoms with Crippen LogP contribution in [-0.2, 0) is 0 Å². The van der Waals surface area contributed by atoms with Crippen molar-refractivity contribution in [2.45, 2.75) is 40.0 Å². The van der Waals surface area contributed by atoms with Gasteiger partial charge in [-0.15, -0.1) is 0 Å². The van der Waals surface area contributed by atoms with Gasteiger partial charge in [0.15, 0.2) is 11.5 Å². The van der Waals surface area contributed by atoms with Crippen molar-refractivity contribution < 1.29 is 9.47 Å². The van der Waals surface area contributed by atoms with Crippen molar-refractivity contribution in [3.8, 4) is 11.5 Å². The van der Waals surface area contributed by atoms with Crippen LogP contribution >= 0.6 is 0 Å². The first kappa shape index (κ1) is 18.0. The Hall–Kier alpha value is -2.30. The van der Waals surface area contributed by atoms with E-state index < -0.39 is 0 Å². The molecular weight excluding hydrogens is 302 g/mol. The van der Waals surface area contributed by atoms with Gasteiger partial charge in [-0.3, -0.25) is 0 Å². The minimum absolute atomic E-state index is 0.566. The average Bonchev–Trinajstić information content (AvgIpc) is 2.59. The lowest BCUT2D eigenvalue weighted by atomic mass is 10.0. The van der Waals surface area contributed by atoms with Crippen molar-refractivity contribution in [1.82, 2.24) is 9.97 Å². The fourth-order valence-electron chi connectivity index (χ4n) is 2.53. The molecule has 2 rings (SSSR count). The third-order valence-corrected chi connectivity index (χ3v) is 3.96. The minimum Gasteiger partial charge on any atom is -0.493 e. The Balaban J connectivity index is 2.11. The Morgan fingerprint density at radius 3 is 2.67 bits per heavy atom. The maximum Gasteiger partial charge on any atom is 0.227 e. The quantitative estimate of drug-likeness (QED) is 0.720. The average molecular weight is 329 g/mol. The number of nitrogens with zero attached hydrogens (tertiary/aromatic N) is 2. The monoisotopic (exact) mass is 329 g/mol. The highest BCUT2D eigenvalue weighted by molar-refractivity contribution is 5.59. The molecule has 1 atom stereocenters. The Labute approximate surface area is 144 Å². The number of aromatic nitrogens is 2. The molecule has 2 aromatic rings. The first-order valence-corrected chi connectivity index (χ1v) is 8.53. The summed E-state index contributed by atoms with van der Waals surface area (Å²) in [7, 11) is 1.66. The fourth-order valence-corrected chi connectivity index (χ4v) is 2.53. The normalized spacial score (nSPS) is 11.8. The number of nitrogens with one attached hydrogen (secondary N) is 1. The Morgan fingerprint density at radius 1 is 1.17 bits per heavy atom. The second-order valence-electron chi connectivity index (χ2n) is 5.89. The zero-order valence-corrected chi connectivity index (χ0v) is 15.0. The van der Waals surface area contributed by atoms with Crippen molar-refractivity contribution in [2.24, 2.45) is 5.92 Å². The summed E-state index contributed by atoms with van der Waals surface area (Å²) in [6.07, 6.45) is 5.20. The summed E-state index contributed by atoms with van der Waals surface area (Å²) in [6, 6.07) is 7.63. The van der Waals surface area contributed by atoms with Gasteiger partial charge in [-0.05, 0) is 37.5 Å². The van der Waals surface area contributed by atoms with Gasteiger partial charge < -0.3 is 14.8 Å². The van der Waals surface area contributed by atoms with Gasteiger partial charge in [0.25, 0.3) is 0 Å². The van der Waals surface area contributed by atoms with Gasteiger partial charge in [-0.25, -0.2) is 9.97 Å². The lowest BCUT2D eigenvalue weighted by Gasteiger charge is -2.17. The van der Waals surface area contributed by atoms with Gasteiger partial charge in [0.2, 0.25) is 5.95 Å². The van der Waals surface area contributed by atoms with Crippen molar-refractivity contribution >= 4 is 11.6 Å². The van der Waals surface area contributed by atoms with E-state index in [4.69, 9.17) is 9.47 Å². The molecule has 0 bridgehead atoms. The van der Waals surface area contributed by atoms with Gasteiger partial charge in [-0.2, -0.15) is 0 Å². The zero-order valence-electron chi connectivity index (χ0n) is 15.0. The molecule has 1 aromatic heterocycles. The highest BCUT2D eigenvalue weighted by Crippen LogP contribution is 2.31. The second-order valence-corrected chi connectivity index (χ2v) is 5.89. The molecule has 24 heavy (non-hydrogen) atoms. The first-order valence-electron chi connectivity index (χ1n) is 8.53. The lowest BCUT2D eigenvalue weighted by Crippen LogP contribution is -2.11. The standard InChI is InChI=1S/C19H27N3O2/c1-5-7-15(6-2)13-24-18-12-16(8-9-17(18)23-4)22-19-20-11-10-14(3)21-19/h8-12,15H,5-7,13H2,1-4H3,(H,20,21,22)/t15-/m1/s1. The summed E-state index contributed by atoms with van der Waals surface area (Å²) < 4.78 is 11.4. The molecule has 0 radical (unpaired) electrons. The van der Waals surface area contributed by atoms with E-state index in [0.717, 1.165) is 29.3 Å². The van der Waals surface area contributed by atoms with Gasteiger partial charge >= 0.3 is 0 Å². The molecule has 1 aromatic carbocycles. The first-order chi connectivity index (χ1) is 11.7. The van der Waals surface area contributed by atoms with Crippen molar-refractivity contribution in [3.63, 3.8) is 0 Å². The van der Waals surface area contributed by atoms with Gasteiger partial charge in [0, 0.05) is 23.6 Å². The van der Waals surface area contributed by atoms with Crippen molar-refractivity contribution in [3.05, 3.63) is 36.2 Å². The van der Waals surface area contributed by atoms with Crippen LogP contribution in [0.15, 0.2) is 30.5 Å².